The molecule has 0 radical (unpaired) electrons. The van der Waals surface area contributed by atoms with E-state index < -0.39 is 0 Å². The molecule has 0 aromatic rings. The molecule has 0 saturated carbocycles. The van der Waals surface area contributed by atoms with Crippen LogP contribution in [0.15, 0.2) is 0 Å². The van der Waals surface area contributed by atoms with Gasteiger partial charge < -0.3 is 15.7 Å². The van der Waals surface area contributed by atoms with E-state index in [-0.39, 0.29) is 12.1 Å². The number of nitrogens with zero attached hydrogens (tertiary/aromatic N) is 1. The van der Waals surface area contributed by atoms with Crippen LogP contribution in [-0.4, -0.2) is 41.8 Å². The maximum Gasteiger partial charge on any atom is 0.0611 e. The van der Waals surface area contributed by atoms with Gasteiger partial charge in [-0.2, -0.15) is 0 Å². The fourth-order valence-electron chi connectivity index (χ4n) is 2.21. The molecule has 90 valence electrons. The summed E-state index contributed by atoms with van der Waals surface area (Å²) < 4.78 is 0. The lowest BCUT2D eigenvalue weighted by Gasteiger charge is -2.29. The second-order valence-electron chi connectivity index (χ2n) is 4.88. The van der Waals surface area contributed by atoms with Gasteiger partial charge in [0.1, 0.15) is 0 Å². The van der Waals surface area contributed by atoms with Crippen molar-refractivity contribution in [1.29, 1.82) is 0 Å². The molecule has 1 aliphatic heterocycles. The summed E-state index contributed by atoms with van der Waals surface area (Å²) in [6.45, 7) is 5.82. The maximum absolute atomic E-state index is 9.18. The predicted molar refractivity (Wildman–Crippen MR) is 63.8 cm³/mol. The second kappa shape index (κ2) is 6.46. The summed E-state index contributed by atoms with van der Waals surface area (Å²) in [4.78, 5) is 2.52. The van der Waals surface area contributed by atoms with Gasteiger partial charge in [-0.15, -0.1) is 0 Å². The lowest BCUT2D eigenvalue weighted by molar-refractivity contribution is 0.166. The molecule has 0 aliphatic carbocycles. The van der Waals surface area contributed by atoms with Crippen molar-refractivity contribution in [3.8, 4) is 0 Å². The first-order valence-electron chi connectivity index (χ1n) is 6.32. The van der Waals surface area contributed by atoms with E-state index >= 15 is 0 Å². The number of rotatable bonds is 6. The average molecular weight is 214 g/mol. The maximum atomic E-state index is 9.18. The molecule has 0 spiro atoms. The molecule has 3 nitrogen and oxygen atoms in total. The zero-order chi connectivity index (χ0) is 11.1. The molecule has 1 heterocycles. The average Bonchev–Trinajstić information content (AvgIpc) is 2.30. The van der Waals surface area contributed by atoms with Crippen LogP contribution >= 0.6 is 0 Å². The van der Waals surface area contributed by atoms with E-state index in [1.807, 2.05) is 0 Å². The fourth-order valence-corrected chi connectivity index (χ4v) is 2.21. The molecule has 0 aromatic heterocycles. The van der Waals surface area contributed by atoms with E-state index in [9.17, 15) is 5.11 Å². The van der Waals surface area contributed by atoms with Crippen LogP contribution in [0.2, 0.25) is 0 Å². The minimum Gasteiger partial charge on any atom is -0.394 e. The minimum absolute atomic E-state index is 0.115. The third-order valence-corrected chi connectivity index (χ3v) is 3.62. The number of piperidine rings is 1. The standard InChI is InChI=1S/C12H26N2O/c1-2-12(13,11-15)7-6-10-14-8-4-3-5-9-14/h15H,2-11,13H2,1H3. The van der Waals surface area contributed by atoms with Crippen molar-refractivity contribution in [2.45, 2.75) is 51.0 Å². The van der Waals surface area contributed by atoms with Crippen LogP contribution < -0.4 is 5.73 Å². The quantitative estimate of drug-likeness (QED) is 0.702. The van der Waals surface area contributed by atoms with E-state index in [1.165, 1.54) is 32.4 Å². The van der Waals surface area contributed by atoms with Crippen molar-refractivity contribution in [1.82, 2.24) is 4.90 Å². The molecule has 1 saturated heterocycles. The molecule has 0 amide bonds. The van der Waals surface area contributed by atoms with Crippen molar-refractivity contribution in [3.63, 3.8) is 0 Å². The molecule has 0 aromatic carbocycles. The Labute approximate surface area is 93.6 Å². The fraction of sp³-hybridized carbons (Fsp3) is 1.00. The normalized spacial score (nSPS) is 22.6. The number of aliphatic hydroxyl groups excluding tert-OH is 1. The lowest BCUT2D eigenvalue weighted by Crippen LogP contribution is -2.43. The Bertz CT molecular complexity index is 163. The molecule has 3 N–H and O–H groups in total. The van der Waals surface area contributed by atoms with Crippen LogP contribution in [0.25, 0.3) is 0 Å². The lowest BCUT2D eigenvalue weighted by atomic mass is 9.92. The van der Waals surface area contributed by atoms with Crippen LogP contribution in [0, 0.1) is 0 Å². The summed E-state index contributed by atoms with van der Waals surface area (Å²) in [5, 5.41) is 9.18. The highest BCUT2D eigenvalue weighted by molar-refractivity contribution is 4.82. The van der Waals surface area contributed by atoms with Crippen molar-refractivity contribution in [3.05, 3.63) is 0 Å². The Morgan fingerprint density at radius 1 is 1.27 bits per heavy atom. The largest absolute Gasteiger partial charge is 0.394 e. The Morgan fingerprint density at radius 2 is 1.93 bits per heavy atom. The number of nitrogens with two attached hydrogens (primary N) is 1. The molecule has 1 atom stereocenters. The van der Waals surface area contributed by atoms with Gasteiger partial charge in [0.05, 0.1) is 6.61 Å². The van der Waals surface area contributed by atoms with E-state index in [4.69, 9.17) is 5.73 Å². The van der Waals surface area contributed by atoms with Crippen LogP contribution in [0.4, 0.5) is 0 Å². The molecule has 0 bridgehead atoms. The van der Waals surface area contributed by atoms with Gasteiger partial charge >= 0.3 is 0 Å². The van der Waals surface area contributed by atoms with E-state index in [2.05, 4.69) is 11.8 Å². The van der Waals surface area contributed by atoms with Crippen molar-refractivity contribution < 1.29 is 5.11 Å². The monoisotopic (exact) mass is 214 g/mol. The predicted octanol–water partition coefficient (Wildman–Crippen LogP) is 1.35. The molecule has 15 heavy (non-hydrogen) atoms. The Kier molecular flexibility index (Phi) is 5.58. The van der Waals surface area contributed by atoms with Crippen LogP contribution in [0.1, 0.15) is 45.4 Å². The Hall–Kier alpha value is -0.120. The minimum atomic E-state index is -0.338. The first-order chi connectivity index (χ1) is 7.20. The Morgan fingerprint density at radius 3 is 2.47 bits per heavy atom. The van der Waals surface area contributed by atoms with E-state index in [0.717, 1.165) is 25.8 Å². The molecule has 1 aliphatic rings. The van der Waals surface area contributed by atoms with Gasteiger partial charge in [-0.1, -0.05) is 13.3 Å². The highest BCUT2D eigenvalue weighted by Gasteiger charge is 2.21. The smallest absolute Gasteiger partial charge is 0.0611 e. The highest BCUT2D eigenvalue weighted by atomic mass is 16.3. The first-order valence-corrected chi connectivity index (χ1v) is 6.32. The summed E-state index contributed by atoms with van der Waals surface area (Å²) in [6, 6.07) is 0. The number of hydrogen-bond donors (Lipinski definition) is 2. The summed E-state index contributed by atoms with van der Waals surface area (Å²) in [5.41, 5.74) is 5.71. The van der Waals surface area contributed by atoms with E-state index in [1.54, 1.807) is 0 Å². The van der Waals surface area contributed by atoms with Gasteiger partial charge in [0.15, 0.2) is 0 Å². The van der Waals surface area contributed by atoms with Gasteiger partial charge in [-0.3, -0.25) is 0 Å². The third kappa shape index (κ3) is 4.49. The van der Waals surface area contributed by atoms with Crippen molar-refractivity contribution in [2.24, 2.45) is 5.73 Å². The second-order valence-corrected chi connectivity index (χ2v) is 4.88. The first kappa shape index (κ1) is 12.9. The van der Waals surface area contributed by atoms with Crippen LogP contribution in [0.5, 0.6) is 0 Å². The van der Waals surface area contributed by atoms with Crippen molar-refractivity contribution >= 4 is 0 Å². The van der Waals surface area contributed by atoms with Crippen LogP contribution in [0.3, 0.4) is 0 Å². The van der Waals surface area contributed by atoms with Gasteiger partial charge in [0, 0.05) is 5.54 Å². The molecular formula is C12H26N2O. The number of likely N-dealkylation sites (tertiary alicyclic amines) is 1. The molecule has 3 heteroatoms. The van der Waals surface area contributed by atoms with E-state index in [0.29, 0.717) is 0 Å². The summed E-state index contributed by atoms with van der Waals surface area (Å²) in [5.74, 6) is 0. The highest BCUT2D eigenvalue weighted by Crippen LogP contribution is 2.15. The Balaban J connectivity index is 2.14. The van der Waals surface area contributed by atoms with Gasteiger partial charge in [0.2, 0.25) is 0 Å². The molecule has 1 unspecified atom stereocenters. The van der Waals surface area contributed by atoms with Gasteiger partial charge in [0.25, 0.3) is 0 Å². The van der Waals surface area contributed by atoms with Crippen molar-refractivity contribution in [2.75, 3.05) is 26.2 Å². The van der Waals surface area contributed by atoms with Crippen LogP contribution in [-0.2, 0) is 0 Å². The SMILES string of the molecule is CCC(N)(CO)CCCN1CCCCC1. The summed E-state index contributed by atoms with van der Waals surface area (Å²) in [7, 11) is 0. The molecule has 1 rings (SSSR count). The number of aliphatic hydroxyl groups is 1. The topological polar surface area (TPSA) is 49.5 Å². The molecular weight excluding hydrogens is 188 g/mol. The van der Waals surface area contributed by atoms with Gasteiger partial charge in [-0.25, -0.2) is 0 Å². The molecule has 1 fully saturated rings. The zero-order valence-electron chi connectivity index (χ0n) is 10.0. The van der Waals surface area contributed by atoms with Gasteiger partial charge in [-0.05, 0) is 51.7 Å². The third-order valence-electron chi connectivity index (χ3n) is 3.62. The summed E-state index contributed by atoms with van der Waals surface area (Å²) in [6.07, 6.45) is 7.01. The number of hydrogen-bond acceptors (Lipinski definition) is 3. The summed E-state index contributed by atoms with van der Waals surface area (Å²) >= 11 is 0. The zero-order valence-corrected chi connectivity index (χ0v) is 10.0.